The van der Waals surface area contributed by atoms with E-state index in [-0.39, 0.29) is 5.91 Å². The van der Waals surface area contributed by atoms with E-state index in [0.717, 1.165) is 5.56 Å². The Hall–Kier alpha value is -2.96. The van der Waals surface area contributed by atoms with Crippen LogP contribution in [0.4, 0.5) is 8.78 Å². The summed E-state index contributed by atoms with van der Waals surface area (Å²) < 4.78 is 26.9. The Balaban J connectivity index is 1.71. The molecule has 0 bridgehead atoms. The maximum atomic E-state index is 13.8. The van der Waals surface area contributed by atoms with Gasteiger partial charge in [0, 0.05) is 25.2 Å². The Kier molecular flexibility index (Phi) is 5.16. The Morgan fingerprint density at radius 3 is 2.65 bits per heavy atom. The molecule has 2 aromatic rings. The molecule has 3 rings (SSSR count). The summed E-state index contributed by atoms with van der Waals surface area (Å²) in [4.78, 5) is 26.5. The highest BCUT2D eigenvalue weighted by Gasteiger charge is 2.31. The third-order valence-electron chi connectivity index (χ3n) is 4.31. The zero-order valence-corrected chi connectivity index (χ0v) is 13.9. The summed E-state index contributed by atoms with van der Waals surface area (Å²) in [5.41, 5.74) is 0.300. The van der Waals surface area contributed by atoms with Gasteiger partial charge in [-0.25, -0.2) is 8.78 Å². The maximum Gasteiger partial charge on any atom is 0.258 e. The molecule has 0 aliphatic carbocycles. The molecule has 136 valence electrons. The van der Waals surface area contributed by atoms with Gasteiger partial charge in [0.15, 0.2) is 0 Å². The third-order valence-corrected chi connectivity index (χ3v) is 4.31. The molecule has 0 spiro atoms. The summed E-state index contributed by atoms with van der Waals surface area (Å²) in [6.45, 7) is 0.985. The van der Waals surface area contributed by atoms with Crippen LogP contribution in [0.15, 0.2) is 42.5 Å². The van der Waals surface area contributed by atoms with E-state index >= 15 is 0 Å². The molecule has 0 saturated carbocycles. The fourth-order valence-corrected chi connectivity index (χ4v) is 3.05. The van der Waals surface area contributed by atoms with Gasteiger partial charge in [0.2, 0.25) is 5.91 Å². The first kappa shape index (κ1) is 17.8. The van der Waals surface area contributed by atoms with Gasteiger partial charge in [-0.1, -0.05) is 30.3 Å². The van der Waals surface area contributed by atoms with Gasteiger partial charge >= 0.3 is 0 Å². The summed E-state index contributed by atoms with van der Waals surface area (Å²) in [5, 5.41) is 12.1. The van der Waals surface area contributed by atoms with E-state index in [2.05, 4.69) is 5.32 Å². The molecule has 2 amide bonds. The molecule has 1 heterocycles. The van der Waals surface area contributed by atoms with Gasteiger partial charge < -0.3 is 15.3 Å². The van der Waals surface area contributed by atoms with Crippen LogP contribution in [0, 0.1) is 11.6 Å². The van der Waals surface area contributed by atoms with Crippen molar-refractivity contribution >= 4 is 11.8 Å². The summed E-state index contributed by atoms with van der Waals surface area (Å²) >= 11 is 0. The van der Waals surface area contributed by atoms with E-state index in [1.165, 1.54) is 0 Å². The van der Waals surface area contributed by atoms with Crippen LogP contribution in [0.1, 0.15) is 28.8 Å². The van der Waals surface area contributed by atoms with Crippen molar-refractivity contribution in [3.63, 3.8) is 0 Å². The fraction of sp³-hybridized carbons (Fsp3) is 0.263. The monoisotopic (exact) mass is 360 g/mol. The number of nitrogens with one attached hydrogen (secondary N) is 1. The van der Waals surface area contributed by atoms with Crippen molar-refractivity contribution in [2.75, 3.05) is 6.54 Å². The molecule has 2 N–H and O–H groups in total. The number of rotatable bonds is 4. The minimum Gasteiger partial charge on any atom is -0.507 e. The zero-order valence-electron chi connectivity index (χ0n) is 13.9. The number of piperidine rings is 1. The summed E-state index contributed by atoms with van der Waals surface area (Å²) in [5.74, 6) is -4.18. The molecular formula is C19H18F2N2O3. The van der Waals surface area contributed by atoms with Gasteiger partial charge in [-0.05, 0) is 18.4 Å². The first-order valence-electron chi connectivity index (χ1n) is 8.27. The van der Waals surface area contributed by atoms with Crippen molar-refractivity contribution in [1.29, 1.82) is 0 Å². The molecule has 1 aliphatic rings. The number of likely N-dealkylation sites (tertiary alicyclic amines) is 1. The molecule has 0 radical (unpaired) electrons. The molecule has 0 aromatic heterocycles. The number of phenols is 1. The lowest BCUT2D eigenvalue weighted by molar-refractivity contribution is -0.136. The van der Waals surface area contributed by atoms with Crippen molar-refractivity contribution in [2.24, 2.45) is 0 Å². The van der Waals surface area contributed by atoms with Gasteiger partial charge in [0.05, 0.1) is 0 Å². The van der Waals surface area contributed by atoms with Gasteiger partial charge in [0.1, 0.15) is 29.0 Å². The smallest absolute Gasteiger partial charge is 0.258 e. The normalized spacial score (nSPS) is 17.2. The molecule has 2 aromatic carbocycles. The highest BCUT2D eigenvalue weighted by atomic mass is 19.1. The molecule has 26 heavy (non-hydrogen) atoms. The molecule has 5 nitrogen and oxygen atoms in total. The number of nitrogens with zero attached hydrogens (tertiary/aromatic N) is 1. The van der Waals surface area contributed by atoms with E-state index in [1.807, 2.05) is 30.3 Å². The maximum absolute atomic E-state index is 13.8. The van der Waals surface area contributed by atoms with Gasteiger partial charge in [-0.2, -0.15) is 0 Å². The second-order valence-electron chi connectivity index (χ2n) is 6.20. The summed E-state index contributed by atoms with van der Waals surface area (Å²) in [6, 6.07) is 9.80. The summed E-state index contributed by atoms with van der Waals surface area (Å²) in [6.07, 6.45) is 1.10. The van der Waals surface area contributed by atoms with Crippen molar-refractivity contribution < 1.29 is 23.5 Å². The van der Waals surface area contributed by atoms with E-state index in [0.29, 0.717) is 38.1 Å². The van der Waals surface area contributed by atoms with Crippen molar-refractivity contribution in [3.8, 4) is 5.75 Å². The van der Waals surface area contributed by atoms with Crippen LogP contribution >= 0.6 is 0 Å². The van der Waals surface area contributed by atoms with Gasteiger partial charge in [-0.3, -0.25) is 9.59 Å². The van der Waals surface area contributed by atoms with Crippen molar-refractivity contribution in [2.45, 2.75) is 25.4 Å². The topological polar surface area (TPSA) is 69.6 Å². The Morgan fingerprint density at radius 2 is 1.96 bits per heavy atom. The third kappa shape index (κ3) is 3.82. The first-order valence-corrected chi connectivity index (χ1v) is 8.27. The first-order chi connectivity index (χ1) is 12.5. The lowest BCUT2D eigenvalue weighted by Crippen LogP contribution is -2.52. The van der Waals surface area contributed by atoms with Gasteiger partial charge in [-0.15, -0.1) is 0 Å². The minimum atomic E-state index is -1.18. The number of carbonyl (C=O) groups is 2. The van der Waals surface area contributed by atoms with Crippen LogP contribution in [0.3, 0.4) is 0 Å². The lowest BCUT2D eigenvalue weighted by atomic mass is 10.0. The quantitative estimate of drug-likeness (QED) is 0.881. The van der Waals surface area contributed by atoms with Crippen LogP contribution in [-0.2, 0) is 11.3 Å². The number of phenolic OH excluding ortho intramolecular Hbond substituents is 1. The number of hydrogen-bond donors (Lipinski definition) is 2. The molecule has 1 atom stereocenters. The second kappa shape index (κ2) is 7.51. The van der Waals surface area contributed by atoms with Crippen LogP contribution in [0.5, 0.6) is 5.75 Å². The predicted octanol–water partition coefficient (Wildman–Crippen LogP) is 2.59. The van der Waals surface area contributed by atoms with E-state index in [9.17, 15) is 23.5 Å². The van der Waals surface area contributed by atoms with Crippen LogP contribution in [0.25, 0.3) is 0 Å². The minimum absolute atomic E-state index is 0.268. The molecule has 1 unspecified atom stereocenters. The Labute approximate surface area is 149 Å². The highest BCUT2D eigenvalue weighted by molar-refractivity contribution is 5.99. The lowest BCUT2D eigenvalue weighted by Gasteiger charge is -2.32. The molecule has 1 fully saturated rings. The molecule has 1 aliphatic heterocycles. The number of benzene rings is 2. The summed E-state index contributed by atoms with van der Waals surface area (Å²) in [7, 11) is 0. The molecule has 7 heteroatoms. The predicted molar refractivity (Wildman–Crippen MR) is 90.4 cm³/mol. The van der Waals surface area contributed by atoms with E-state index in [1.54, 1.807) is 4.90 Å². The van der Waals surface area contributed by atoms with Crippen LogP contribution < -0.4 is 5.32 Å². The Bertz CT molecular complexity index is 804. The number of carbonyl (C=O) groups excluding carboxylic acids is 2. The number of amides is 2. The van der Waals surface area contributed by atoms with E-state index in [4.69, 9.17) is 0 Å². The largest absolute Gasteiger partial charge is 0.507 e. The zero-order chi connectivity index (χ0) is 18.7. The van der Waals surface area contributed by atoms with E-state index < -0.39 is 34.9 Å². The number of aromatic hydroxyl groups is 1. The standard InChI is InChI=1S/C19H18F2N2O3/c20-13-9-14(21)17(16(24)10-13)18(25)22-15-7-4-8-23(19(15)26)11-12-5-2-1-3-6-12/h1-3,5-6,9-10,15,24H,4,7-8,11H2,(H,22,25). The fourth-order valence-electron chi connectivity index (χ4n) is 3.05. The van der Waals surface area contributed by atoms with Gasteiger partial charge in [0.25, 0.3) is 5.91 Å². The van der Waals surface area contributed by atoms with Crippen LogP contribution in [0.2, 0.25) is 0 Å². The SMILES string of the molecule is O=C(NC1CCCN(Cc2ccccc2)C1=O)c1c(O)cc(F)cc1F. The highest BCUT2D eigenvalue weighted by Crippen LogP contribution is 2.23. The number of halogens is 2. The average Bonchev–Trinajstić information content (AvgIpc) is 2.58. The second-order valence-corrected chi connectivity index (χ2v) is 6.20. The molecule has 1 saturated heterocycles. The Morgan fingerprint density at radius 1 is 1.23 bits per heavy atom. The average molecular weight is 360 g/mol. The van der Waals surface area contributed by atoms with Crippen molar-refractivity contribution in [1.82, 2.24) is 10.2 Å². The number of hydrogen-bond acceptors (Lipinski definition) is 3. The molecular weight excluding hydrogens is 342 g/mol. The van der Waals surface area contributed by atoms with Crippen molar-refractivity contribution in [3.05, 3.63) is 65.2 Å². The van der Waals surface area contributed by atoms with Crippen LogP contribution in [-0.4, -0.2) is 34.4 Å².